The summed E-state index contributed by atoms with van der Waals surface area (Å²) in [6.07, 6.45) is 14.5. The number of Topliss-reactive ketones (excluding diaryl/α,β-unsaturated/α-hetero) is 2. The number of ether oxygens (including phenoxy) is 5. The van der Waals surface area contributed by atoms with Crippen molar-refractivity contribution in [2.75, 3.05) is 52.3 Å². The third-order valence-corrected chi connectivity index (χ3v) is 25.8. The van der Waals surface area contributed by atoms with E-state index in [0.717, 1.165) is 49.7 Å². The molecular weight excluding hydrogens is 1220 g/mol. The Labute approximate surface area is 514 Å². The molecule has 6 saturated carbocycles. The zero-order chi connectivity index (χ0) is 64.8. The van der Waals surface area contributed by atoms with Crippen LogP contribution in [0.25, 0.3) is 0 Å². The van der Waals surface area contributed by atoms with Gasteiger partial charge in [-0.25, -0.2) is 0 Å². The summed E-state index contributed by atoms with van der Waals surface area (Å²) in [7, 11) is -13.3. The van der Waals surface area contributed by atoms with E-state index in [2.05, 4.69) is 47.8 Å². The number of carbonyl (C=O) groups is 4. The van der Waals surface area contributed by atoms with Gasteiger partial charge in [-0.1, -0.05) is 77.7 Å². The molecule has 0 amide bonds. The number of allylic oxidation sites excluding steroid dienone is 8. The third-order valence-electron chi connectivity index (χ3n) is 21.0. The van der Waals surface area contributed by atoms with Crippen LogP contribution in [0.2, 0.25) is 0 Å². The number of aliphatic hydroxyl groups is 3. The number of hydrogen-bond acceptors (Lipinski definition) is 21. The highest BCUT2D eigenvalue weighted by atomic mass is 32.2. The average molecular weight is 1310 g/mol. The second-order valence-electron chi connectivity index (χ2n) is 25.8. The SMILES string of the molecule is CCCC1O[C@@H]2C[C@H]3[C@@H]4CCC5=CC(=O)C=C[C@]5(C)[C@H]4[C@@H](O)C[C@]3(C)[C@]2(C(=O)CO)O1.CCCC1O[C@@H]2C[C@H]3[C@@H]4CCC5=CC(=O)C=C[C@]5(C)[C@H]4[C@@H](O)C[C@]3(C)[C@]2(C(=O)COCP(=O)(OCC)OCC)O1.CCOP(=O)(COS(=O)(=O)C(F)(F)F)OCC. The predicted molar refractivity (Wildman–Crippen MR) is 312 cm³/mol. The molecule has 0 aromatic carbocycles. The Balaban J connectivity index is 0.000000185. The second-order valence-corrected chi connectivity index (χ2v) is 31.4. The number of alkyl halides is 3. The van der Waals surface area contributed by atoms with Gasteiger partial charge in [-0.05, 0) is 140 Å². The fraction of sp³-hybridized carbons (Fsp3) is 0.803. The lowest BCUT2D eigenvalue weighted by Crippen LogP contribution is -2.63. The molecule has 10 aliphatic rings. The Morgan fingerprint density at radius 1 is 0.659 bits per heavy atom. The van der Waals surface area contributed by atoms with Crippen LogP contribution in [0.3, 0.4) is 0 Å². The molecule has 0 bridgehead atoms. The van der Waals surface area contributed by atoms with Gasteiger partial charge in [0.1, 0.15) is 19.6 Å². The quantitative estimate of drug-likeness (QED) is 0.0516. The molecule has 0 radical (unpaired) electrons. The zero-order valence-electron chi connectivity index (χ0n) is 52.2. The van der Waals surface area contributed by atoms with Crippen molar-refractivity contribution >= 4 is 48.4 Å². The number of halogens is 3. The van der Waals surface area contributed by atoms with Crippen molar-refractivity contribution in [3.63, 3.8) is 0 Å². The number of hydrogen-bond donors (Lipinski definition) is 3. The van der Waals surface area contributed by atoms with Crippen LogP contribution < -0.4 is 0 Å². The molecule has 498 valence electrons. The van der Waals surface area contributed by atoms with Gasteiger partial charge in [0.05, 0.1) is 50.8 Å². The maximum absolute atomic E-state index is 14.2. The van der Waals surface area contributed by atoms with Gasteiger partial charge >= 0.3 is 30.8 Å². The normalized spacial score (nSPS) is 39.6. The standard InChI is InChI=1S/C30H45O9P.C25H34O6.C6H12F3O6PS/c1-6-9-26-38-25-15-22-21-11-10-19-14-20(31)12-13-28(19,4)27(21)23(32)16-29(22,5)30(25,39-26)24(33)17-35-18-40(34,36-7-2)37-8-3;1-4-5-21-30-20-11-17-16-7-6-14-10-15(27)8-9-23(14,2)22(16)18(28)12-24(17,3)25(20,31-21)19(29)13-26;1-3-13-16(10,14-4-2)5-15-17(11,12)6(7,8)9/h12-14,21-23,25-27,32H,6-11,15-18H2,1-5H3;8-10,16-18,20-22,26,28H,4-7,11-13H2,1-3H3;3-5H2,1-2H3/t21-,22-,23-,25+,26?,27+,28-,29-,30+;16-,17-,18-,20+,21?,22+,23-,24-,25+;/m00./s1. The highest BCUT2D eigenvalue weighted by molar-refractivity contribution is 7.87. The van der Waals surface area contributed by atoms with Gasteiger partial charge < -0.3 is 57.1 Å². The van der Waals surface area contributed by atoms with Crippen molar-refractivity contribution in [2.24, 2.45) is 57.2 Å². The molecule has 3 N–H and O–H groups in total. The highest BCUT2D eigenvalue weighted by Crippen LogP contribution is 2.72. The second kappa shape index (κ2) is 27.0. The van der Waals surface area contributed by atoms with E-state index in [4.69, 9.17) is 32.7 Å². The lowest BCUT2D eigenvalue weighted by Gasteiger charge is -2.59. The van der Waals surface area contributed by atoms with Crippen LogP contribution in [0.5, 0.6) is 0 Å². The van der Waals surface area contributed by atoms with Crippen molar-refractivity contribution in [3.05, 3.63) is 47.6 Å². The van der Waals surface area contributed by atoms with Crippen LogP contribution in [-0.2, 0) is 84.4 Å². The van der Waals surface area contributed by atoms with Crippen LogP contribution in [0.4, 0.5) is 13.2 Å². The first-order valence-electron chi connectivity index (χ1n) is 31.1. The molecule has 21 nitrogen and oxygen atoms in total. The Kier molecular flexibility index (Phi) is 21.8. The third kappa shape index (κ3) is 12.5. The summed E-state index contributed by atoms with van der Waals surface area (Å²) in [4.78, 5) is 51.6. The van der Waals surface area contributed by atoms with E-state index >= 15 is 0 Å². The van der Waals surface area contributed by atoms with Gasteiger partial charge in [0.2, 0.25) is 0 Å². The number of rotatable bonds is 22. The molecule has 18 atom stereocenters. The summed E-state index contributed by atoms with van der Waals surface area (Å²) in [5.41, 5.74) is -7.90. The van der Waals surface area contributed by atoms with E-state index in [1.54, 1.807) is 38.2 Å². The van der Waals surface area contributed by atoms with Gasteiger partial charge in [-0.15, -0.1) is 0 Å². The van der Waals surface area contributed by atoms with E-state index < -0.39 is 108 Å². The topological polar surface area (TPSA) is 290 Å². The van der Waals surface area contributed by atoms with Gasteiger partial charge in [-0.2, -0.15) is 21.6 Å². The van der Waals surface area contributed by atoms with Crippen molar-refractivity contribution in [2.45, 2.75) is 200 Å². The monoisotopic (exact) mass is 1310 g/mol. The fourth-order valence-corrected chi connectivity index (χ4v) is 21.2. The fourth-order valence-electron chi connectivity index (χ4n) is 17.7. The Bertz CT molecular complexity index is 2930. The predicted octanol–water partition coefficient (Wildman–Crippen LogP) is 9.76. The van der Waals surface area contributed by atoms with Crippen molar-refractivity contribution in [3.8, 4) is 0 Å². The van der Waals surface area contributed by atoms with E-state index in [0.29, 0.717) is 38.5 Å². The summed E-state index contributed by atoms with van der Waals surface area (Å²) in [5.74, 6) is -0.0655. The maximum atomic E-state index is 14.2. The zero-order valence-corrected chi connectivity index (χ0v) is 54.8. The maximum Gasteiger partial charge on any atom is 0.523 e. The van der Waals surface area contributed by atoms with Crippen molar-refractivity contribution in [1.29, 1.82) is 0 Å². The first-order valence-corrected chi connectivity index (χ1v) is 36.0. The molecule has 27 heteroatoms. The molecule has 2 unspecified atom stereocenters. The first-order chi connectivity index (χ1) is 41.3. The van der Waals surface area contributed by atoms with Crippen LogP contribution in [0.15, 0.2) is 47.6 Å². The summed E-state index contributed by atoms with van der Waals surface area (Å²) >= 11 is 0. The molecule has 2 saturated heterocycles. The molecule has 88 heavy (non-hydrogen) atoms. The molecule has 0 spiro atoms. The molecule has 8 aliphatic carbocycles. The van der Waals surface area contributed by atoms with Crippen molar-refractivity contribution < 1.29 is 111 Å². The average Bonchev–Trinajstić information content (AvgIpc) is 1.48. The molecule has 8 fully saturated rings. The largest absolute Gasteiger partial charge is 0.523 e. The summed E-state index contributed by atoms with van der Waals surface area (Å²) in [6.45, 7) is 18.1. The Hall–Kier alpha value is -2.68. The summed E-state index contributed by atoms with van der Waals surface area (Å²) in [6, 6.07) is 0. The number of fused-ring (bicyclic) bond motifs is 14. The molecule has 2 heterocycles. The lowest BCUT2D eigenvalue weighted by molar-refractivity contribution is -0.201. The minimum absolute atomic E-state index is 0.00278. The molecular formula is C61H91F3O21P2S. The van der Waals surface area contributed by atoms with Crippen molar-refractivity contribution in [1.82, 2.24) is 0 Å². The van der Waals surface area contributed by atoms with E-state index in [9.17, 15) is 65.2 Å². The van der Waals surface area contributed by atoms with Crippen LogP contribution in [0.1, 0.15) is 146 Å². The number of ketones is 4. The Morgan fingerprint density at radius 2 is 1.06 bits per heavy atom. The minimum Gasteiger partial charge on any atom is -0.393 e. The first kappa shape index (κ1) is 71.2. The molecule has 10 rings (SSSR count). The van der Waals surface area contributed by atoms with Gasteiger partial charge in [0.25, 0.3) is 0 Å². The van der Waals surface area contributed by atoms with E-state index in [-0.39, 0.29) is 103 Å². The number of aliphatic hydroxyl groups excluding tert-OH is 3. The summed E-state index contributed by atoms with van der Waals surface area (Å²) in [5, 5.41) is 33.2. The molecule has 0 aromatic heterocycles. The van der Waals surface area contributed by atoms with Crippen LogP contribution >= 0.6 is 15.2 Å². The minimum atomic E-state index is -5.80. The number of carbonyl (C=O) groups excluding carboxylic acids is 4. The van der Waals surface area contributed by atoms with E-state index in [1.165, 1.54) is 13.8 Å². The summed E-state index contributed by atoms with van der Waals surface area (Å²) < 4.78 is 136. The molecule has 0 aromatic rings. The van der Waals surface area contributed by atoms with Crippen LogP contribution in [-0.4, -0.2) is 153 Å². The highest BCUT2D eigenvalue weighted by Gasteiger charge is 2.77. The smallest absolute Gasteiger partial charge is 0.393 e. The van der Waals surface area contributed by atoms with Crippen LogP contribution in [0, 0.1) is 57.2 Å². The van der Waals surface area contributed by atoms with Gasteiger partial charge in [0, 0.05) is 33.5 Å². The van der Waals surface area contributed by atoms with Gasteiger partial charge in [0.15, 0.2) is 53.3 Å². The van der Waals surface area contributed by atoms with Gasteiger partial charge in [-0.3, -0.25) is 32.5 Å². The Morgan fingerprint density at radius 3 is 1.43 bits per heavy atom. The van der Waals surface area contributed by atoms with E-state index in [1.807, 2.05) is 19.1 Å². The lowest BCUT2D eigenvalue weighted by atomic mass is 9.46. The molecule has 2 aliphatic heterocycles.